The third-order valence-electron chi connectivity index (χ3n) is 6.40. The number of aliphatic hydroxyl groups is 1. The Hall–Kier alpha value is -2.12. The maximum atomic E-state index is 13.5. The second kappa shape index (κ2) is 10.9. The molecule has 1 aromatic rings. The number of carbonyl (C=O) groups is 1. The molecule has 1 N–H and O–H groups in total. The first kappa shape index (κ1) is 25.5. The van der Waals surface area contributed by atoms with Crippen molar-refractivity contribution < 1.29 is 27.8 Å². The van der Waals surface area contributed by atoms with Gasteiger partial charge in [0.15, 0.2) is 0 Å². The Labute approximate surface area is 196 Å². The van der Waals surface area contributed by atoms with E-state index in [1.165, 1.54) is 10.4 Å². The molecular formula is C24H34N2O6S. The predicted octanol–water partition coefficient (Wildman–Crippen LogP) is 1.71. The zero-order valence-corrected chi connectivity index (χ0v) is 20.6. The fourth-order valence-corrected chi connectivity index (χ4v) is 5.88. The maximum absolute atomic E-state index is 13.5. The lowest BCUT2D eigenvalue weighted by atomic mass is 9.84. The summed E-state index contributed by atoms with van der Waals surface area (Å²) in [4.78, 5) is 14.5. The van der Waals surface area contributed by atoms with Crippen LogP contribution in [0.5, 0.6) is 5.75 Å². The van der Waals surface area contributed by atoms with Gasteiger partial charge in [0.05, 0.1) is 13.2 Å². The summed E-state index contributed by atoms with van der Waals surface area (Å²) < 4.78 is 39.5. The van der Waals surface area contributed by atoms with Gasteiger partial charge >= 0.3 is 0 Å². The number of aliphatic hydroxyl groups excluding tert-OH is 1. The molecule has 0 saturated heterocycles. The fourth-order valence-electron chi connectivity index (χ4n) is 4.06. The highest BCUT2D eigenvalue weighted by molar-refractivity contribution is 7.89. The van der Waals surface area contributed by atoms with Gasteiger partial charge in [0.25, 0.3) is 0 Å². The summed E-state index contributed by atoms with van der Waals surface area (Å²) in [6.45, 7) is 4.07. The minimum atomic E-state index is -3.91. The monoisotopic (exact) mass is 478 g/mol. The second-order valence-corrected chi connectivity index (χ2v) is 10.8. The molecule has 0 unspecified atom stereocenters. The van der Waals surface area contributed by atoms with Crippen molar-refractivity contribution in [1.82, 2.24) is 9.21 Å². The molecule has 3 atom stereocenters. The Kier molecular flexibility index (Phi) is 8.40. The molecule has 0 aromatic heterocycles. The van der Waals surface area contributed by atoms with E-state index in [2.05, 4.69) is 11.8 Å². The summed E-state index contributed by atoms with van der Waals surface area (Å²) in [6.07, 6.45) is 2.48. The van der Waals surface area contributed by atoms with Crippen LogP contribution in [0.4, 0.5) is 0 Å². The highest BCUT2D eigenvalue weighted by atomic mass is 32.2. The maximum Gasteiger partial charge on any atom is 0.247 e. The number of sulfonamides is 1. The number of likely N-dealkylation sites (N-methyl/N-ethyl adjacent to an activating group) is 1. The highest BCUT2D eigenvalue weighted by Crippen LogP contribution is 2.34. The molecule has 1 amide bonds. The SMILES string of the molecule is COCC#Cc1ccc2c(c1)O[C@H](CN(C)C(=O)C1CCC1)[C@H](C)CN([C@@H](C)CO)S2(=O)=O. The predicted molar refractivity (Wildman–Crippen MR) is 124 cm³/mol. The largest absolute Gasteiger partial charge is 0.487 e. The summed E-state index contributed by atoms with van der Waals surface area (Å²) in [7, 11) is -0.588. The van der Waals surface area contributed by atoms with Crippen LogP contribution in [0.2, 0.25) is 0 Å². The van der Waals surface area contributed by atoms with E-state index in [1.54, 1.807) is 38.1 Å². The Bertz CT molecular complexity index is 1010. The van der Waals surface area contributed by atoms with E-state index < -0.39 is 22.2 Å². The van der Waals surface area contributed by atoms with Crippen molar-refractivity contribution in [3.8, 4) is 17.6 Å². The Morgan fingerprint density at radius 3 is 2.73 bits per heavy atom. The van der Waals surface area contributed by atoms with Crippen LogP contribution in [-0.4, -0.2) is 81.2 Å². The van der Waals surface area contributed by atoms with E-state index in [4.69, 9.17) is 9.47 Å². The molecule has 1 aliphatic heterocycles. The molecule has 182 valence electrons. The summed E-state index contributed by atoms with van der Waals surface area (Å²) in [6, 6.07) is 4.15. The molecule has 3 rings (SSSR count). The summed E-state index contributed by atoms with van der Waals surface area (Å²) >= 11 is 0. The van der Waals surface area contributed by atoms with Crippen molar-refractivity contribution in [2.45, 2.75) is 50.2 Å². The van der Waals surface area contributed by atoms with Gasteiger partial charge in [-0.25, -0.2) is 8.42 Å². The lowest BCUT2D eigenvalue weighted by Crippen LogP contribution is -2.50. The summed E-state index contributed by atoms with van der Waals surface area (Å²) in [5.41, 5.74) is 0.605. The van der Waals surface area contributed by atoms with Gasteiger partial charge in [0, 0.05) is 44.1 Å². The second-order valence-electron chi connectivity index (χ2n) is 8.98. The van der Waals surface area contributed by atoms with Crippen LogP contribution in [-0.2, 0) is 19.6 Å². The van der Waals surface area contributed by atoms with E-state index in [0.29, 0.717) is 12.1 Å². The molecule has 1 aromatic carbocycles. The number of carbonyl (C=O) groups excluding carboxylic acids is 1. The van der Waals surface area contributed by atoms with Crippen LogP contribution >= 0.6 is 0 Å². The van der Waals surface area contributed by atoms with Crippen LogP contribution in [0.25, 0.3) is 0 Å². The summed E-state index contributed by atoms with van der Waals surface area (Å²) in [5, 5.41) is 9.74. The highest BCUT2D eigenvalue weighted by Gasteiger charge is 2.39. The molecule has 33 heavy (non-hydrogen) atoms. The number of hydrogen-bond donors (Lipinski definition) is 1. The van der Waals surface area contributed by atoms with Gasteiger partial charge in [-0.3, -0.25) is 4.79 Å². The zero-order valence-electron chi connectivity index (χ0n) is 19.8. The van der Waals surface area contributed by atoms with Crippen LogP contribution in [0.15, 0.2) is 23.1 Å². The number of rotatable bonds is 6. The number of methoxy groups -OCH3 is 1. The fraction of sp³-hybridized carbons (Fsp3) is 0.625. The van der Waals surface area contributed by atoms with Crippen LogP contribution in [0.3, 0.4) is 0 Å². The van der Waals surface area contributed by atoms with Crippen LogP contribution in [0, 0.1) is 23.7 Å². The van der Waals surface area contributed by atoms with Crippen LogP contribution in [0.1, 0.15) is 38.7 Å². The molecule has 2 aliphatic rings. The summed E-state index contributed by atoms with van der Waals surface area (Å²) in [5.74, 6) is 5.97. The number of hydrogen-bond acceptors (Lipinski definition) is 6. The molecule has 8 nitrogen and oxygen atoms in total. The van der Waals surface area contributed by atoms with E-state index in [-0.39, 0.29) is 48.1 Å². The van der Waals surface area contributed by atoms with Gasteiger partial charge in [-0.2, -0.15) is 4.31 Å². The molecule has 1 aliphatic carbocycles. The molecule has 1 saturated carbocycles. The average Bonchev–Trinajstić information content (AvgIpc) is 2.74. The molecule has 1 heterocycles. The average molecular weight is 479 g/mol. The molecule has 0 bridgehead atoms. The molecule has 0 spiro atoms. The quantitative estimate of drug-likeness (QED) is 0.626. The van der Waals surface area contributed by atoms with E-state index in [1.807, 2.05) is 6.92 Å². The number of ether oxygens (including phenoxy) is 2. The number of amides is 1. The normalized spacial score (nSPS) is 23.5. The first-order chi connectivity index (χ1) is 15.7. The standard InChI is InChI=1S/C24H34N2O6S/c1-17-14-26(18(2)16-27)33(29,30)23-11-10-19(7-6-12-31-4)13-21(23)32-22(17)15-25(3)24(28)20-8-5-9-20/h10-11,13,17-18,20,22,27H,5,8-9,12,14-16H2,1-4H3/t17-,18+,22-/m1/s1. The lowest BCUT2D eigenvalue weighted by molar-refractivity contribution is -0.138. The third-order valence-corrected chi connectivity index (χ3v) is 8.42. The van der Waals surface area contributed by atoms with Gasteiger partial charge in [-0.1, -0.05) is 25.2 Å². The first-order valence-electron chi connectivity index (χ1n) is 11.3. The van der Waals surface area contributed by atoms with Gasteiger partial charge in [-0.15, -0.1) is 0 Å². The number of benzene rings is 1. The van der Waals surface area contributed by atoms with Crippen molar-refractivity contribution >= 4 is 15.9 Å². The van der Waals surface area contributed by atoms with Crippen molar-refractivity contribution in [2.75, 3.05) is 40.5 Å². The number of nitrogens with zero attached hydrogens (tertiary/aromatic N) is 2. The third kappa shape index (κ3) is 5.69. The topological polar surface area (TPSA) is 96.4 Å². The van der Waals surface area contributed by atoms with Crippen molar-refractivity contribution in [2.24, 2.45) is 11.8 Å². The van der Waals surface area contributed by atoms with Gasteiger partial charge in [0.1, 0.15) is 23.4 Å². The Morgan fingerprint density at radius 1 is 1.39 bits per heavy atom. The van der Waals surface area contributed by atoms with Gasteiger partial charge < -0.3 is 19.5 Å². The molecular weight excluding hydrogens is 444 g/mol. The van der Waals surface area contributed by atoms with Crippen molar-refractivity contribution in [1.29, 1.82) is 0 Å². The minimum Gasteiger partial charge on any atom is -0.487 e. The Morgan fingerprint density at radius 2 is 2.12 bits per heavy atom. The van der Waals surface area contributed by atoms with Crippen molar-refractivity contribution in [3.05, 3.63) is 23.8 Å². The molecule has 1 fully saturated rings. The zero-order chi connectivity index (χ0) is 24.2. The molecule has 0 radical (unpaired) electrons. The lowest BCUT2D eigenvalue weighted by Gasteiger charge is -2.38. The Balaban J connectivity index is 1.99. The van der Waals surface area contributed by atoms with E-state index in [0.717, 1.165) is 19.3 Å². The van der Waals surface area contributed by atoms with Gasteiger partial charge in [0.2, 0.25) is 15.9 Å². The van der Waals surface area contributed by atoms with Gasteiger partial charge in [-0.05, 0) is 38.0 Å². The minimum absolute atomic E-state index is 0.0324. The van der Waals surface area contributed by atoms with Crippen molar-refractivity contribution in [3.63, 3.8) is 0 Å². The van der Waals surface area contributed by atoms with Crippen LogP contribution < -0.4 is 4.74 Å². The van der Waals surface area contributed by atoms with E-state index >= 15 is 0 Å². The smallest absolute Gasteiger partial charge is 0.247 e. The van der Waals surface area contributed by atoms with E-state index in [9.17, 15) is 18.3 Å². The number of fused-ring (bicyclic) bond motifs is 1. The first-order valence-corrected chi connectivity index (χ1v) is 12.8. The molecule has 9 heteroatoms.